The first kappa shape index (κ1) is 19.0. The number of hydrogen-bond donors (Lipinski definition) is 1. The fourth-order valence-corrected chi connectivity index (χ4v) is 4.06. The highest BCUT2D eigenvalue weighted by molar-refractivity contribution is 7.92. The van der Waals surface area contributed by atoms with E-state index < -0.39 is 22.0 Å². The van der Waals surface area contributed by atoms with Gasteiger partial charge in [-0.15, -0.1) is 0 Å². The van der Waals surface area contributed by atoms with Gasteiger partial charge in [-0.25, -0.2) is 8.42 Å². The summed E-state index contributed by atoms with van der Waals surface area (Å²) in [5.74, 6) is 0.909. The van der Waals surface area contributed by atoms with E-state index in [-0.39, 0.29) is 13.3 Å². The van der Waals surface area contributed by atoms with Crippen LogP contribution in [-0.4, -0.2) is 33.4 Å². The van der Waals surface area contributed by atoms with Crippen LogP contribution < -0.4 is 19.1 Å². The van der Waals surface area contributed by atoms with Crippen molar-refractivity contribution in [2.75, 3.05) is 17.4 Å². The maximum Gasteiger partial charge on any atom is 0.243 e. The molecule has 0 radical (unpaired) electrons. The Morgan fingerprint density at radius 3 is 2.48 bits per heavy atom. The fourth-order valence-electron chi connectivity index (χ4n) is 2.89. The zero-order valence-corrected chi connectivity index (χ0v) is 16.2. The van der Waals surface area contributed by atoms with Crippen LogP contribution >= 0.6 is 0 Å². The first-order chi connectivity index (χ1) is 12.8. The van der Waals surface area contributed by atoms with Crippen molar-refractivity contribution in [2.45, 2.75) is 26.4 Å². The Labute approximate surface area is 158 Å². The molecule has 1 unspecified atom stereocenters. The summed E-state index contributed by atoms with van der Waals surface area (Å²) in [6.45, 7) is 3.92. The van der Waals surface area contributed by atoms with E-state index in [9.17, 15) is 13.2 Å². The summed E-state index contributed by atoms with van der Waals surface area (Å²) in [6.07, 6.45) is 1.09. The zero-order chi connectivity index (χ0) is 19.6. The van der Waals surface area contributed by atoms with E-state index in [4.69, 9.17) is 9.47 Å². The normalized spacial score (nSPS) is 13.9. The lowest BCUT2D eigenvalue weighted by atomic mass is 10.2. The monoisotopic (exact) mass is 390 g/mol. The van der Waals surface area contributed by atoms with Crippen LogP contribution in [0.4, 0.5) is 5.69 Å². The van der Waals surface area contributed by atoms with Gasteiger partial charge in [-0.3, -0.25) is 9.10 Å². The van der Waals surface area contributed by atoms with E-state index in [2.05, 4.69) is 5.32 Å². The van der Waals surface area contributed by atoms with Gasteiger partial charge in [-0.05, 0) is 43.7 Å². The smallest absolute Gasteiger partial charge is 0.243 e. The lowest BCUT2D eigenvalue weighted by Gasteiger charge is -2.28. The molecule has 2 aromatic carbocycles. The third-order valence-corrected chi connectivity index (χ3v) is 5.52. The summed E-state index contributed by atoms with van der Waals surface area (Å²) in [5.41, 5.74) is 2.29. The molecule has 0 spiro atoms. The molecular formula is C19H22N2O5S. The number of nitrogens with zero attached hydrogens (tertiary/aromatic N) is 1. The molecule has 0 saturated carbocycles. The van der Waals surface area contributed by atoms with E-state index in [1.807, 2.05) is 25.1 Å². The molecule has 1 N–H and O–H groups in total. The summed E-state index contributed by atoms with van der Waals surface area (Å²) >= 11 is 0. The van der Waals surface area contributed by atoms with Crippen molar-refractivity contribution >= 4 is 21.6 Å². The number of anilines is 1. The van der Waals surface area contributed by atoms with E-state index in [1.54, 1.807) is 31.2 Å². The molecule has 3 rings (SSSR count). The van der Waals surface area contributed by atoms with Crippen LogP contribution in [0.2, 0.25) is 0 Å². The number of rotatable bonds is 6. The predicted octanol–water partition coefficient (Wildman–Crippen LogP) is 2.19. The van der Waals surface area contributed by atoms with E-state index >= 15 is 0 Å². The average molecular weight is 390 g/mol. The first-order valence-electron chi connectivity index (χ1n) is 8.48. The minimum absolute atomic E-state index is 0.183. The minimum atomic E-state index is -3.63. The Bertz CT molecular complexity index is 941. The average Bonchev–Trinajstić information content (AvgIpc) is 3.08. The van der Waals surface area contributed by atoms with Crippen LogP contribution in [0.1, 0.15) is 18.1 Å². The molecule has 1 amide bonds. The summed E-state index contributed by atoms with van der Waals surface area (Å²) < 4.78 is 36.3. The van der Waals surface area contributed by atoms with Gasteiger partial charge < -0.3 is 14.8 Å². The second-order valence-electron chi connectivity index (χ2n) is 6.48. The quantitative estimate of drug-likeness (QED) is 0.817. The van der Waals surface area contributed by atoms with Crippen LogP contribution in [0.25, 0.3) is 0 Å². The minimum Gasteiger partial charge on any atom is -0.454 e. The molecule has 0 fully saturated rings. The zero-order valence-electron chi connectivity index (χ0n) is 15.4. The maximum atomic E-state index is 12.6. The number of benzene rings is 2. The fraction of sp³-hybridized carbons (Fsp3) is 0.316. The summed E-state index contributed by atoms with van der Waals surface area (Å²) in [5, 5.41) is 2.78. The van der Waals surface area contributed by atoms with Gasteiger partial charge in [0, 0.05) is 6.54 Å². The van der Waals surface area contributed by atoms with Gasteiger partial charge in [-0.2, -0.15) is 0 Å². The topological polar surface area (TPSA) is 84.9 Å². The van der Waals surface area contributed by atoms with Gasteiger partial charge in [-0.1, -0.05) is 23.8 Å². The van der Waals surface area contributed by atoms with Crippen molar-refractivity contribution in [2.24, 2.45) is 0 Å². The maximum absolute atomic E-state index is 12.6. The Kier molecular flexibility index (Phi) is 5.27. The van der Waals surface area contributed by atoms with Crippen LogP contribution in [0.3, 0.4) is 0 Å². The number of ether oxygens (including phenoxy) is 2. The van der Waals surface area contributed by atoms with Crippen molar-refractivity contribution in [3.05, 3.63) is 53.6 Å². The van der Waals surface area contributed by atoms with Crippen LogP contribution in [0.15, 0.2) is 42.5 Å². The van der Waals surface area contributed by atoms with E-state index in [0.29, 0.717) is 17.2 Å². The number of fused-ring (bicyclic) bond motifs is 1. The molecule has 0 saturated heterocycles. The molecule has 144 valence electrons. The second-order valence-corrected chi connectivity index (χ2v) is 8.34. The number of hydrogen-bond acceptors (Lipinski definition) is 5. The highest BCUT2D eigenvalue weighted by atomic mass is 32.2. The number of aryl methyl sites for hydroxylation is 1. The largest absolute Gasteiger partial charge is 0.454 e. The van der Waals surface area contributed by atoms with Crippen LogP contribution in [0, 0.1) is 6.92 Å². The number of nitrogens with one attached hydrogen (secondary N) is 1. The van der Waals surface area contributed by atoms with Crippen LogP contribution in [-0.2, 0) is 21.4 Å². The van der Waals surface area contributed by atoms with E-state index in [0.717, 1.165) is 21.7 Å². The van der Waals surface area contributed by atoms with Crippen LogP contribution in [0.5, 0.6) is 11.5 Å². The third kappa shape index (κ3) is 4.33. The van der Waals surface area contributed by atoms with Gasteiger partial charge in [0.1, 0.15) is 6.04 Å². The van der Waals surface area contributed by atoms with Crippen molar-refractivity contribution in [3.8, 4) is 11.5 Å². The number of sulfonamides is 1. The number of carbonyl (C=O) groups is 1. The molecule has 0 aromatic heterocycles. The van der Waals surface area contributed by atoms with E-state index in [1.165, 1.54) is 0 Å². The lowest BCUT2D eigenvalue weighted by molar-refractivity contribution is -0.122. The molecule has 1 aliphatic heterocycles. The highest BCUT2D eigenvalue weighted by Crippen LogP contribution is 2.32. The molecule has 7 nitrogen and oxygen atoms in total. The second kappa shape index (κ2) is 7.48. The van der Waals surface area contributed by atoms with Crippen molar-refractivity contribution in [1.82, 2.24) is 5.32 Å². The Morgan fingerprint density at radius 1 is 1.15 bits per heavy atom. The summed E-state index contributed by atoms with van der Waals surface area (Å²) in [6, 6.07) is 11.5. The van der Waals surface area contributed by atoms with Crippen molar-refractivity contribution in [3.63, 3.8) is 0 Å². The molecule has 0 bridgehead atoms. The predicted molar refractivity (Wildman–Crippen MR) is 102 cm³/mol. The molecule has 0 aliphatic carbocycles. The Morgan fingerprint density at radius 2 is 1.81 bits per heavy atom. The van der Waals surface area contributed by atoms with Gasteiger partial charge in [0.15, 0.2) is 11.5 Å². The standard InChI is InChI=1S/C19H22N2O5S/c1-13-4-7-16(8-5-13)21(27(3,23)24)14(2)19(22)20-11-15-6-9-17-18(10-15)26-12-25-17/h4-10,14H,11-12H2,1-3H3,(H,20,22). The van der Waals surface area contributed by atoms with Crippen molar-refractivity contribution < 1.29 is 22.7 Å². The number of amides is 1. The third-order valence-electron chi connectivity index (χ3n) is 4.28. The van der Waals surface area contributed by atoms with Gasteiger partial charge in [0.05, 0.1) is 11.9 Å². The summed E-state index contributed by atoms with van der Waals surface area (Å²) in [4.78, 5) is 12.6. The van der Waals surface area contributed by atoms with Gasteiger partial charge >= 0.3 is 0 Å². The van der Waals surface area contributed by atoms with Crippen molar-refractivity contribution in [1.29, 1.82) is 0 Å². The summed E-state index contributed by atoms with van der Waals surface area (Å²) in [7, 11) is -3.63. The molecular weight excluding hydrogens is 368 g/mol. The molecule has 8 heteroatoms. The Hall–Kier alpha value is -2.74. The highest BCUT2D eigenvalue weighted by Gasteiger charge is 2.29. The molecule has 1 aliphatic rings. The molecule has 27 heavy (non-hydrogen) atoms. The molecule has 2 aromatic rings. The number of carbonyl (C=O) groups excluding carboxylic acids is 1. The SMILES string of the molecule is Cc1ccc(N(C(C)C(=O)NCc2ccc3c(c2)OCO3)S(C)(=O)=O)cc1. The molecule has 1 atom stereocenters. The first-order valence-corrected chi connectivity index (χ1v) is 10.3. The lowest BCUT2D eigenvalue weighted by Crippen LogP contribution is -2.47. The van der Waals surface area contributed by atoms with Gasteiger partial charge in [0.25, 0.3) is 0 Å². The van der Waals surface area contributed by atoms with Gasteiger partial charge in [0.2, 0.25) is 22.7 Å². The Balaban J connectivity index is 1.72. The molecule has 1 heterocycles.